The number of amides is 6. The maximum Gasteiger partial charge on any atom is 0.408 e. The molecule has 0 saturated heterocycles. The number of carbonyl (C=O) groups excluding carboxylic acids is 6. The lowest BCUT2D eigenvalue weighted by atomic mass is 10.0. The Labute approximate surface area is 415 Å². The van der Waals surface area contributed by atoms with Crippen molar-refractivity contribution in [2.45, 2.75) is 76.2 Å². The van der Waals surface area contributed by atoms with Gasteiger partial charge in [-0.2, -0.15) is 0 Å². The number of imidazole rings is 1. The van der Waals surface area contributed by atoms with Crippen LogP contribution in [-0.2, 0) is 72.5 Å². The summed E-state index contributed by atoms with van der Waals surface area (Å²) in [6.45, 7) is 1.39. The first-order valence-corrected chi connectivity index (χ1v) is 23.3. The fourth-order valence-electron chi connectivity index (χ4n) is 7.62. The smallest absolute Gasteiger partial charge is 0.408 e. The zero-order valence-electron chi connectivity index (χ0n) is 39.5. The van der Waals surface area contributed by atoms with E-state index in [0.29, 0.717) is 29.2 Å². The number of ether oxygens (including phenoxy) is 3. The number of carbonyl (C=O) groups is 6. The van der Waals surface area contributed by atoms with Gasteiger partial charge < -0.3 is 56.5 Å². The highest BCUT2D eigenvalue weighted by Crippen LogP contribution is 2.20. The Morgan fingerprint density at radius 3 is 1.72 bits per heavy atom. The molecule has 5 aromatic carbocycles. The van der Waals surface area contributed by atoms with Crippen LogP contribution in [0.25, 0.3) is 10.9 Å². The molecule has 0 spiro atoms. The van der Waals surface area contributed by atoms with Crippen molar-refractivity contribution >= 4 is 46.5 Å². The van der Waals surface area contributed by atoms with Crippen molar-refractivity contribution in [3.8, 4) is 5.75 Å². The van der Waals surface area contributed by atoms with E-state index in [9.17, 15) is 28.8 Å². The van der Waals surface area contributed by atoms with Crippen LogP contribution in [0.4, 0.5) is 4.79 Å². The number of rotatable bonds is 25. The van der Waals surface area contributed by atoms with Crippen LogP contribution >= 0.6 is 0 Å². The van der Waals surface area contributed by atoms with E-state index in [2.05, 4.69) is 41.5 Å². The zero-order valence-corrected chi connectivity index (χ0v) is 39.5. The van der Waals surface area contributed by atoms with Crippen LogP contribution in [-0.4, -0.2) is 87.4 Å². The van der Waals surface area contributed by atoms with Crippen LogP contribution < -0.4 is 37.1 Å². The quantitative estimate of drug-likeness (QED) is 0.0399. The second-order valence-corrected chi connectivity index (χ2v) is 17.0. The summed E-state index contributed by atoms with van der Waals surface area (Å²) in [5.41, 5.74) is 10.6. The lowest BCUT2D eigenvalue weighted by molar-refractivity contribution is -0.135. The van der Waals surface area contributed by atoms with Crippen LogP contribution in [0, 0.1) is 0 Å². The molecule has 0 radical (unpaired) electrons. The minimum absolute atomic E-state index is 0.0130. The van der Waals surface area contributed by atoms with Crippen molar-refractivity contribution in [1.29, 1.82) is 0 Å². The first-order chi connectivity index (χ1) is 35.0. The fraction of sp³-hybridized carbons (Fsp3) is 0.241. The van der Waals surface area contributed by atoms with Crippen LogP contribution in [0.2, 0.25) is 0 Å². The number of nitrogens with two attached hydrogens (primary N) is 1. The van der Waals surface area contributed by atoms with E-state index in [-0.39, 0.29) is 39.1 Å². The molecule has 0 aliphatic rings. The summed E-state index contributed by atoms with van der Waals surface area (Å²) in [5.74, 6) is -3.25. The Bertz CT molecular complexity index is 2860. The first kappa shape index (κ1) is 51.1. The number of hydrogen-bond acceptors (Lipinski definition) is 10. The molecule has 5 atom stereocenters. The number of nitrogens with one attached hydrogen (secondary N) is 7. The topological polar surface area (TPSA) is 261 Å². The van der Waals surface area contributed by atoms with Crippen molar-refractivity contribution in [3.05, 3.63) is 192 Å². The average Bonchev–Trinajstić information content (AvgIpc) is 4.08. The van der Waals surface area contributed by atoms with Crippen LogP contribution in [0.1, 0.15) is 40.4 Å². The van der Waals surface area contributed by atoms with E-state index >= 15 is 0 Å². The lowest BCUT2D eigenvalue weighted by Crippen LogP contribution is -2.60. The predicted octanol–water partition coefficient (Wildman–Crippen LogP) is 4.45. The maximum absolute atomic E-state index is 14.8. The summed E-state index contributed by atoms with van der Waals surface area (Å²) in [4.78, 5) is 93.1. The number of primary amides is 1. The standard InChI is InChI=1S/C54H57N9O9/c1-35(49(55)64)59-50(65)46(26-40-28-57-44-20-12-11-19-43(40)44)61-53(68)48(33-70-30-37-13-5-2-6-14-37)62-51(66)45(25-36-21-23-42(24-22-36)71-31-38-15-7-3-8-16-38)60-52(67)47(27-41-29-56-34-58-41)63-54(69)72-32-39-17-9-4-10-18-39/h2-24,28-29,34-35,45-48,57H,25-27,30-33H2,1H3,(H2,55,64)(H,56,58)(H,59,65)(H,60,67)(H,61,68)(H,62,66)(H,63,69)/t35-,45+,46+,47+,48+/m0/s1. The van der Waals surface area contributed by atoms with Gasteiger partial charge in [0.2, 0.25) is 29.5 Å². The summed E-state index contributed by atoms with van der Waals surface area (Å²) in [6.07, 6.45) is 3.63. The molecule has 6 amide bonds. The van der Waals surface area contributed by atoms with Gasteiger partial charge in [0.25, 0.3) is 0 Å². The van der Waals surface area contributed by atoms with Gasteiger partial charge in [0.05, 0.1) is 19.5 Å². The number of aromatic amines is 2. The molecular weight excluding hydrogens is 919 g/mol. The molecule has 72 heavy (non-hydrogen) atoms. The molecule has 0 fully saturated rings. The highest BCUT2D eigenvalue weighted by molar-refractivity contribution is 5.97. The van der Waals surface area contributed by atoms with E-state index in [1.54, 1.807) is 54.7 Å². The molecule has 0 aliphatic heterocycles. The van der Waals surface area contributed by atoms with Crippen molar-refractivity contribution in [1.82, 2.24) is 41.5 Å². The van der Waals surface area contributed by atoms with Crippen molar-refractivity contribution in [2.24, 2.45) is 5.73 Å². The predicted molar refractivity (Wildman–Crippen MR) is 267 cm³/mol. The third-order valence-corrected chi connectivity index (χ3v) is 11.6. The number of aromatic nitrogens is 3. The zero-order chi connectivity index (χ0) is 50.7. The molecule has 2 aromatic heterocycles. The van der Waals surface area contributed by atoms with Gasteiger partial charge in [-0.15, -0.1) is 0 Å². The van der Waals surface area contributed by atoms with Crippen molar-refractivity contribution < 1.29 is 43.0 Å². The molecule has 0 saturated carbocycles. The second-order valence-electron chi connectivity index (χ2n) is 17.0. The monoisotopic (exact) mass is 975 g/mol. The minimum atomic E-state index is -1.44. The van der Waals surface area contributed by atoms with E-state index in [0.717, 1.165) is 27.6 Å². The first-order valence-electron chi connectivity index (χ1n) is 23.3. The summed E-state index contributed by atoms with van der Waals surface area (Å²) in [5, 5.41) is 14.4. The molecule has 0 unspecified atom stereocenters. The summed E-state index contributed by atoms with van der Waals surface area (Å²) in [6, 6.07) is 35.9. The molecule has 0 aliphatic carbocycles. The number of fused-ring (bicyclic) bond motifs is 1. The molecule has 2 heterocycles. The SMILES string of the molecule is C[C@H](NC(=O)[C@@H](Cc1c[nH]c2ccccc12)NC(=O)[C@@H](COCc1ccccc1)NC(=O)[C@@H](Cc1ccc(OCc2ccccc2)cc1)NC(=O)[C@@H](Cc1cnc[nH]1)NC(=O)OCc1ccccc1)C(N)=O. The van der Waals surface area contributed by atoms with Crippen molar-refractivity contribution in [3.63, 3.8) is 0 Å². The van der Waals surface area contributed by atoms with Gasteiger partial charge in [0, 0.05) is 48.3 Å². The van der Waals surface area contributed by atoms with Gasteiger partial charge in [0.15, 0.2) is 0 Å². The maximum atomic E-state index is 14.8. The third-order valence-electron chi connectivity index (χ3n) is 11.6. The van der Waals surface area contributed by atoms with Crippen molar-refractivity contribution in [2.75, 3.05) is 6.61 Å². The van der Waals surface area contributed by atoms with Crippen LogP contribution in [0.15, 0.2) is 158 Å². The minimum Gasteiger partial charge on any atom is -0.489 e. The van der Waals surface area contributed by atoms with Crippen LogP contribution in [0.3, 0.4) is 0 Å². The highest BCUT2D eigenvalue weighted by Gasteiger charge is 2.33. The number of benzene rings is 5. The number of alkyl carbamates (subject to hydrolysis) is 1. The molecular formula is C54H57N9O9. The molecule has 7 rings (SSSR count). The van der Waals surface area contributed by atoms with E-state index < -0.39 is 65.8 Å². The normalized spacial score (nSPS) is 13.1. The Balaban J connectivity index is 1.15. The molecule has 18 heteroatoms. The molecule has 372 valence electrons. The van der Waals surface area contributed by atoms with Gasteiger partial charge >= 0.3 is 6.09 Å². The van der Waals surface area contributed by atoms with Gasteiger partial charge in [0.1, 0.15) is 49.2 Å². The van der Waals surface area contributed by atoms with Gasteiger partial charge in [-0.05, 0) is 52.9 Å². The number of H-pyrrole nitrogens is 2. The number of para-hydroxylation sites is 1. The van der Waals surface area contributed by atoms with Crippen LogP contribution in [0.5, 0.6) is 5.75 Å². The average molecular weight is 976 g/mol. The third kappa shape index (κ3) is 15.4. The molecule has 9 N–H and O–H groups in total. The highest BCUT2D eigenvalue weighted by atomic mass is 16.5. The van der Waals surface area contributed by atoms with Gasteiger partial charge in [-0.25, -0.2) is 9.78 Å². The van der Waals surface area contributed by atoms with E-state index in [1.807, 2.05) is 91.0 Å². The lowest BCUT2D eigenvalue weighted by Gasteiger charge is -2.27. The van der Waals surface area contributed by atoms with Gasteiger partial charge in [-0.1, -0.05) is 121 Å². The summed E-state index contributed by atoms with van der Waals surface area (Å²) < 4.78 is 17.5. The summed E-state index contributed by atoms with van der Waals surface area (Å²) >= 11 is 0. The number of nitrogens with zero attached hydrogens (tertiary/aromatic N) is 1. The largest absolute Gasteiger partial charge is 0.489 e. The Morgan fingerprint density at radius 1 is 0.556 bits per heavy atom. The fourth-order valence-corrected chi connectivity index (χ4v) is 7.62. The molecule has 0 bridgehead atoms. The second kappa shape index (κ2) is 25.7. The van der Waals surface area contributed by atoms with E-state index in [4.69, 9.17) is 19.9 Å². The number of hydrogen-bond donors (Lipinski definition) is 8. The van der Waals surface area contributed by atoms with E-state index in [1.165, 1.54) is 19.4 Å². The Morgan fingerprint density at radius 2 is 1.10 bits per heavy atom. The molecule has 18 nitrogen and oxygen atoms in total. The Kier molecular flexibility index (Phi) is 18.3. The van der Waals surface area contributed by atoms with Gasteiger partial charge in [-0.3, -0.25) is 24.0 Å². The summed E-state index contributed by atoms with van der Waals surface area (Å²) in [7, 11) is 0. The Hall–Kier alpha value is -8.77. The molecule has 7 aromatic rings.